The predicted molar refractivity (Wildman–Crippen MR) is 95.8 cm³/mol. The van der Waals surface area contributed by atoms with Crippen LogP contribution in [0.1, 0.15) is 57.2 Å². The Balaban J connectivity index is 2.01. The van der Waals surface area contributed by atoms with Crippen LogP contribution in [-0.2, 0) is 4.79 Å². The van der Waals surface area contributed by atoms with E-state index in [0.29, 0.717) is 24.9 Å². The minimum Gasteiger partial charge on any atom is -0.336 e. The van der Waals surface area contributed by atoms with Crippen molar-refractivity contribution in [3.05, 3.63) is 35.4 Å². The third-order valence-corrected chi connectivity index (χ3v) is 4.77. The highest BCUT2D eigenvalue weighted by molar-refractivity contribution is 5.96. The fourth-order valence-corrected chi connectivity index (χ4v) is 3.01. The van der Waals surface area contributed by atoms with Gasteiger partial charge in [-0.25, -0.2) is 4.79 Å². The second kappa shape index (κ2) is 8.29. The molecular formula is C19H29N3O2. The van der Waals surface area contributed by atoms with Crippen LogP contribution in [0.15, 0.2) is 24.3 Å². The summed E-state index contributed by atoms with van der Waals surface area (Å²) in [6.45, 7) is 9.85. The zero-order valence-corrected chi connectivity index (χ0v) is 15.1. The van der Waals surface area contributed by atoms with Crippen molar-refractivity contribution in [1.29, 1.82) is 0 Å². The van der Waals surface area contributed by atoms with E-state index in [1.165, 1.54) is 16.0 Å². The molecule has 2 N–H and O–H groups in total. The van der Waals surface area contributed by atoms with Crippen LogP contribution in [0.2, 0.25) is 0 Å². The fourth-order valence-electron chi connectivity index (χ4n) is 3.01. The molecule has 2 atom stereocenters. The van der Waals surface area contributed by atoms with Gasteiger partial charge in [-0.1, -0.05) is 52.0 Å². The highest BCUT2D eigenvalue weighted by Gasteiger charge is 2.26. The van der Waals surface area contributed by atoms with Crippen LogP contribution in [0.25, 0.3) is 0 Å². The average molecular weight is 331 g/mol. The van der Waals surface area contributed by atoms with Crippen LogP contribution in [0.4, 0.5) is 4.79 Å². The van der Waals surface area contributed by atoms with E-state index in [1.807, 2.05) is 0 Å². The summed E-state index contributed by atoms with van der Waals surface area (Å²) in [7, 11) is 0. The molecule has 0 spiro atoms. The van der Waals surface area contributed by atoms with Crippen molar-refractivity contribution in [2.75, 3.05) is 19.6 Å². The Labute approximate surface area is 144 Å². The lowest BCUT2D eigenvalue weighted by molar-refractivity contribution is -0.126. The molecule has 1 aromatic carbocycles. The third-order valence-electron chi connectivity index (χ3n) is 4.77. The number of carbonyl (C=O) groups is 2. The molecule has 5 nitrogen and oxygen atoms in total. The molecule has 1 heterocycles. The summed E-state index contributed by atoms with van der Waals surface area (Å²) in [5.74, 6) is 0.728. The standard InChI is InChI=1S/C19H29N3O2/c1-5-14(4)15-6-8-16(9-7-15)18(13(2)3)21-12-17(23)22-11-10-20-19(22)24/h6-9,13-14,18,21H,5,10-12H2,1-4H3,(H,20,24)/t14-,18-/m1/s1. The summed E-state index contributed by atoms with van der Waals surface area (Å²) in [4.78, 5) is 25.0. The van der Waals surface area contributed by atoms with E-state index in [0.717, 1.165) is 6.42 Å². The molecule has 1 fully saturated rings. The molecule has 0 radical (unpaired) electrons. The number of carbonyl (C=O) groups excluding carboxylic acids is 2. The van der Waals surface area contributed by atoms with Crippen molar-refractivity contribution in [3.8, 4) is 0 Å². The van der Waals surface area contributed by atoms with Gasteiger partial charge in [0.05, 0.1) is 6.54 Å². The molecule has 1 aromatic rings. The van der Waals surface area contributed by atoms with Crippen molar-refractivity contribution in [2.24, 2.45) is 5.92 Å². The number of benzene rings is 1. The van der Waals surface area contributed by atoms with Gasteiger partial charge >= 0.3 is 6.03 Å². The lowest BCUT2D eigenvalue weighted by Gasteiger charge is -2.24. The van der Waals surface area contributed by atoms with Gasteiger partial charge < -0.3 is 10.6 Å². The second-order valence-corrected chi connectivity index (χ2v) is 6.86. The maximum Gasteiger partial charge on any atom is 0.324 e. The third kappa shape index (κ3) is 4.35. The molecule has 0 unspecified atom stereocenters. The van der Waals surface area contributed by atoms with Gasteiger partial charge in [-0.3, -0.25) is 9.69 Å². The van der Waals surface area contributed by atoms with E-state index < -0.39 is 0 Å². The van der Waals surface area contributed by atoms with Crippen LogP contribution in [-0.4, -0.2) is 36.5 Å². The van der Waals surface area contributed by atoms with Gasteiger partial charge in [-0.05, 0) is 29.4 Å². The molecule has 1 saturated heterocycles. The van der Waals surface area contributed by atoms with Gasteiger partial charge in [-0.15, -0.1) is 0 Å². The van der Waals surface area contributed by atoms with Crippen molar-refractivity contribution in [3.63, 3.8) is 0 Å². The Hall–Kier alpha value is -1.88. The Morgan fingerprint density at radius 3 is 2.33 bits per heavy atom. The first-order chi connectivity index (χ1) is 11.4. The van der Waals surface area contributed by atoms with E-state index in [-0.39, 0.29) is 24.5 Å². The number of nitrogens with one attached hydrogen (secondary N) is 2. The monoisotopic (exact) mass is 331 g/mol. The van der Waals surface area contributed by atoms with Crippen molar-refractivity contribution in [1.82, 2.24) is 15.5 Å². The van der Waals surface area contributed by atoms with Crippen LogP contribution < -0.4 is 10.6 Å². The number of imide groups is 1. The Morgan fingerprint density at radius 1 is 1.21 bits per heavy atom. The number of amides is 3. The van der Waals surface area contributed by atoms with Crippen LogP contribution in [0, 0.1) is 5.92 Å². The Kier molecular flexibility index (Phi) is 6.37. The Bertz CT molecular complexity index is 568. The van der Waals surface area contributed by atoms with Crippen molar-refractivity contribution in [2.45, 2.75) is 46.1 Å². The van der Waals surface area contributed by atoms with E-state index in [1.54, 1.807) is 0 Å². The quantitative estimate of drug-likeness (QED) is 0.807. The highest BCUT2D eigenvalue weighted by Crippen LogP contribution is 2.25. The summed E-state index contributed by atoms with van der Waals surface area (Å²) >= 11 is 0. The van der Waals surface area contributed by atoms with Crippen LogP contribution in [0.3, 0.4) is 0 Å². The van der Waals surface area contributed by atoms with Gasteiger partial charge in [0.15, 0.2) is 0 Å². The maximum atomic E-state index is 12.2. The summed E-state index contributed by atoms with van der Waals surface area (Å²) in [6, 6.07) is 8.44. The van der Waals surface area contributed by atoms with E-state index in [9.17, 15) is 9.59 Å². The van der Waals surface area contributed by atoms with Gasteiger partial charge in [0, 0.05) is 19.1 Å². The minimum atomic E-state index is -0.291. The first-order valence-corrected chi connectivity index (χ1v) is 8.85. The van der Waals surface area contributed by atoms with E-state index in [4.69, 9.17) is 0 Å². The predicted octanol–water partition coefficient (Wildman–Crippen LogP) is 3.04. The van der Waals surface area contributed by atoms with E-state index >= 15 is 0 Å². The van der Waals surface area contributed by atoms with Gasteiger partial charge in [0.2, 0.25) is 5.91 Å². The largest absolute Gasteiger partial charge is 0.336 e. The maximum absolute atomic E-state index is 12.2. The number of hydrogen-bond donors (Lipinski definition) is 2. The molecule has 132 valence electrons. The van der Waals surface area contributed by atoms with Crippen LogP contribution in [0.5, 0.6) is 0 Å². The van der Waals surface area contributed by atoms with E-state index in [2.05, 4.69) is 62.6 Å². The molecule has 5 heteroatoms. The first kappa shape index (κ1) is 18.5. The number of hydrogen-bond acceptors (Lipinski definition) is 3. The fraction of sp³-hybridized carbons (Fsp3) is 0.579. The highest BCUT2D eigenvalue weighted by atomic mass is 16.2. The smallest absolute Gasteiger partial charge is 0.324 e. The zero-order valence-electron chi connectivity index (χ0n) is 15.1. The van der Waals surface area contributed by atoms with Crippen LogP contribution >= 0.6 is 0 Å². The molecule has 0 bridgehead atoms. The van der Waals surface area contributed by atoms with Crippen molar-refractivity contribution >= 4 is 11.9 Å². The summed E-state index contributed by atoms with van der Waals surface area (Å²) in [6.07, 6.45) is 1.12. The SMILES string of the molecule is CC[C@@H](C)c1ccc([C@H](NCC(=O)N2CCNC2=O)C(C)C)cc1. The molecule has 2 rings (SSSR count). The van der Waals surface area contributed by atoms with Gasteiger partial charge in [0.1, 0.15) is 0 Å². The number of nitrogens with zero attached hydrogens (tertiary/aromatic N) is 1. The van der Waals surface area contributed by atoms with Gasteiger partial charge in [-0.2, -0.15) is 0 Å². The summed E-state index contributed by atoms with van der Waals surface area (Å²) in [5.41, 5.74) is 2.52. The second-order valence-electron chi connectivity index (χ2n) is 6.86. The van der Waals surface area contributed by atoms with Gasteiger partial charge in [0.25, 0.3) is 0 Å². The summed E-state index contributed by atoms with van der Waals surface area (Å²) in [5, 5.41) is 5.98. The molecule has 0 aromatic heterocycles. The normalized spacial score (nSPS) is 17.0. The lowest BCUT2D eigenvalue weighted by atomic mass is 9.92. The molecule has 24 heavy (non-hydrogen) atoms. The number of urea groups is 1. The summed E-state index contributed by atoms with van der Waals surface area (Å²) < 4.78 is 0. The molecular weight excluding hydrogens is 302 g/mol. The molecule has 1 aliphatic heterocycles. The Morgan fingerprint density at radius 2 is 1.83 bits per heavy atom. The zero-order chi connectivity index (χ0) is 17.7. The minimum absolute atomic E-state index is 0.0885. The molecule has 3 amide bonds. The molecule has 0 saturated carbocycles. The molecule has 0 aliphatic carbocycles. The average Bonchev–Trinajstić information content (AvgIpc) is 3.00. The molecule has 1 aliphatic rings. The first-order valence-electron chi connectivity index (χ1n) is 8.85. The number of rotatable bonds is 7. The van der Waals surface area contributed by atoms with Crippen molar-refractivity contribution < 1.29 is 9.59 Å². The topological polar surface area (TPSA) is 61.4 Å². The lowest BCUT2D eigenvalue weighted by Crippen LogP contribution is -2.41.